The van der Waals surface area contributed by atoms with E-state index in [1.807, 2.05) is 0 Å². The second kappa shape index (κ2) is 17.6. The van der Waals surface area contributed by atoms with Crippen molar-refractivity contribution in [3.63, 3.8) is 0 Å². The zero-order valence-corrected chi connectivity index (χ0v) is 47.9. The zero-order valence-electron chi connectivity index (χ0n) is 42.8. The Morgan fingerprint density at radius 1 is 0.500 bits per heavy atom. The molecule has 0 saturated heterocycles. The molecule has 12 aliphatic rings. The average Bonchev–Trinajstić information content (AvgIpc) is 4.19. The van der Waals surface area contributed by atoms with Crippen molar-refractivity contribution in [1.29, 1.82) is 0 Å². The average molecular weight is 1060 g/mol. The number of benzene rings is 4. The standard InChI is InChI=1S/2C31H35.C4H11Si.2ClH.Zr/c2*1-2-5-21(4-1)12-22-16-27-6-3-7-29(30(27)17-22)26-8-10-28(11-9-26)31-18-23-13-24(19-31)15-25(14-23)20-31;1-3-4-5-2;;;/h2*3,6-11,16-17,21,23-25H,1-2,4-5,12-15,18-20H2;5H,3-4H2,1-2H3;2*1H;/q;;;;;+2/p-2. The molecule has 4 heteroatoms. The summed E-state index contributed by atoms with van der Waals surface area (Å²) in [6.07, 6.45) is 37.3. The summed E-state index contributed by atoms with van der Waals surface area (Å²) in [6, 6.07) is 36.4. The van der Waals surface area contributed by atoms with Crippen molar-refractivity contribution in [3.8, 4) is 22.3 Å². The van der Waals surface area contributed by atoms with Gasteiger partial charge in [0.25, 0.3) is 0 Å². The summed E-state index contributed by atoms with van der Waals surface area (Å²) in [7, 11) is 18.9. The van der Waals surface area contributed by atoms with Gasteiger partial charge in [-0.05, 0) is 0 Å². The normalized spacial score (nSPS) is 34.9. The SMILES string of the molecule is CCC[SiH](C)[Zr]([Cl])([Cl])([CH]1C(CC2CCCC2)=Cc2c(-c3ccc(C45CC6CC(CC(C6)C4)C5)cc3)cccc21)[CH]1C(CC2CCCC2)=Cc2c(-c3ccc(C45CC6CC(CC(C6)C4)C5)cc3)cccc21. The van der Waals surface area contributed by atoms with Crippen LogP contribution in [0.15, 0.2) is 96.1 Å². The molecule has 0 nitrogen and oxygen atoms in total. The number of hydrogen-bond donors (Lipinski definition) is 0. The van der Waals surface area contributed by atoms with Gasteiger partial charge in [0.2, 0.25) is 0 Å². The predicted molar refractivity (Wildman–Crippen MR) is 298 cm³/mol. The van der Waals surface area contributed by atoms with Gasteiger partial charge >= 0.3 is 435 Å². The van der Waals surface area contributed by atoms with Gasteiger partial charge in [0.1, 0.15) is 0 Å². The molecule has 0 heterocycles. The summed E-state index contributed by atoms with van der Waals surface area (Å²) in [5.41, 5.74) is 18.8. The first-order valence-corrected chi connectivity index (χ1v) is 45.5. The minimum atomic E-state index is -5.11. The van der Waals surface area contributed by atoms with Crippen LogP contribution in [-0.4, -0.2) is 5.92 Å². The van der Waals surface area contributed by atoms with Crippen molar-refractivity contribution in [1.82, 2.24) is 0 Å². The molecule has 0 amide bonds. The second-order valence-electron chi connectivity index (χ2n) is 27.1. The Balaban J connectivity index is 0.880. The number of rotatable bonds is 13. The number of hydrogen-bond acceptors (Lipinski definition) is 0. The van der Waals surface area contributed by atoms with Crippen LogP contribution in [0.5, 0.6) is 0 Å². The van der Waals surface area contributed by atoms with Gasteiger partial charge in [0.15, 0.2) is 0 Å². The van der Waals surface area contributed by atoms with E-state index < -0.39 is 21.5 Å². The van der Waals surface area contributed by atoms with E-state index in [0.29, 0.717) is 10.8 Å². The molecule has 70 heavy (non-hydrogen) atoms. The molecule has 4 aromatic rings. The van der Waals surface area contributed by atoms with Gasteiger partial charge in [-0.15, -0.1) is 0 Å². The van der Waals surface area contributed by atoms with E-state index in [1.165, 1.54) is 185 Å². The molecular formula is C66H81Cl2SiZr. The fourth-order valence-electron chi connectivity index (χ4n) is 20.6. The van der Waals surface area contributed by atoms with Crippen LogP contribution < -0.4 is 0 Å². The fraction of sp³-hybridized carbons (Fsp3) is 0.576. The van der Waals surface area contributed by atoms with E-state index in [9.17, 15) is 17.0 Å². The molecule has 0 radical (unpaired) electrons. The summed E-state index contributed by atoms with van der Waals surface area (Å²) < 4.78 is 0.317. The quantitative estimate of drug-likeness (QED) is 0.117. The van der Waals surface area contributed by atoms with Gasteiger partial charge in [0.05, 0.1) is 0 Å². The van der Waals surface area contributed by atoms with Crippen LogP contribution in [0.2, 0.25) is 12.6 Å². The van der Waals surface area contributed by atoms with E-state index in [1.54, 1.807) is 22.3 Å². The van der Waals surface area contributed by atoms with Crippen LogP contribution in [0.3, 0.4) is 0 Å². The second-order valence-corrected chi connectivity index (χ2v) is 68.4. The number of fused-ring (bicyclic) bond motifs is 2. The Kier molecular flexibility index (Phi) is 11.7. The van der Waals surface area contributed by atoms with Crippen molar-refractivity contribution in [2.24, 2.45) is 47.3 Å². The van der Waals surface area contributed by atoms with Crippen LogP contribution in [0.1, 0.15) is 195 Å². The maximum absolute atomic E-state index is 9.45. The van der Waals surface area contributed by atoms with Crippen molar-refractivity contribution < 1.29 is 15.6 Å². The van der Waals surface area contributed by atoms with E-state index >= 15 is 0 Å². The minimum absolute atomic E-state index is 0.158. The summed E-state index contributed by atoms with van der Waals surface area (Å²) >= 11 is -5.11. The van der Waals surface area contributed by atoms with Gasteiger partial charge in [-0.3, -0.25) is 0 Å². The molecule has 367 valence electrons. The molecule has 0 aromatic heterocycles. The first-order chi connectivity index (χ1) is 34.0. The van der Waals surface area contributed by atoms with Gasteiger partial charge in [0, 0.05) is 0 Å². The Bertz CT molecular complexity index is 2480. The molecule has 12 aliphatic carbocycles. The molecule has 0 N–H and O–H groups in total. The Morgan fingerprint density at radius 3 is 1.20 bits per heavy atom. The van der Waals surface area contributed by atoms with Crippen LogP contribution in [0, 0.1) is 47.3 Å². The van der Waals surface area contributed by atoms with Crippen molar-refractivity contribution in [2.45, 2.75) is 185 Å². The summed E-state index contributed by atoms with van der Waals surface area (Å²) in [5.74, 6) is 5.49. The summed E-state index contributed by atoms with van der Waals surface area (Å²) in [6.45, 7) is 5.09. The first kappa shape index (κ1) is 46.6. The van der Waals surface area contributed by atoms with Crippen molar-refractivity contribution >= 4 is 35.1 Å². The van der Waals surface area contributed by atoms with Gasteiger partial charge in [-0.1, -0.05) is 0 Å². The number of allylic oxidation sites excluding steroid dienone is 2. The molecule has 16 rings (SSSR count). The van der Waals surface area contributed by atoms with E-state index in [0.717, 1.165) is 60.2 Å². The third-order valence-corrected chi connectivity index (χ3v) is 73.2. The van der Waals surface area contributed by atoms with Crippen molar-refractivity contribution in [3.05, 3.63) is 129 Å². The molecule has 10 fully saturated rings. The van der Waals surface area contributed by atoms with E-state index in [-0.39, 0.29) is 7.25 Å². The molecule has 8 bridgehead atoms. The predicted octanol–water partition coefficient (Wildman–Crippen LogP) is 19.5. The van der Waals surface area contributed by atoms with Crippen LogP contribution in [0.4, 0.5) is 0 Å². The molecule has 10 saturated carbocycles. The van der Waals surface area contributed by atoms with Crippen LogP contribution in [0.25, 0.3) is 34.4 Å². The Morgan fingerprint density at radius 2 is 0.857 bits per heavy atom. The molecule has 4 aromatic carbocycles. The monoisotopic (exact) mass is 1060 g/mol. The molecule has 0 spiro atoms. The Labute approximate surface area is 431 Å². The zero-order chi connectivity index (χ0) is 47.0. The first-order valence-electron chi connectivity index (χ1n) is 29.5. The van der Waals surface area contributed by atoms with Crippen LogP contribution in [-0.2, 0) is 26.4 Å². The van der Waals surface area contributed by atoms with Gasteiger partial charge < -0.3 is 0 Å². The summed E-state index contributed by atoms with van der Waals surface area (Å²) in [5, 5.41) is 0. The van der Waals surface area contributed by atoms with E-state index in [2.05, 4.69) is 111 Å². The molecule has 3 unspecified atom stereocenters. The number of halogens is 2. The molecule has 0 aliphatic heterocycles. The fourth-order valence-corrected chi connectivity index (χ4v) is 61.8. The summed E-state index contributed by atoms with van der Waals surface area (Å²) in [4.78, 5) is 0. The van der Waals surface area contributed by atoms with Gasteiger partial charge in [-0.2, -0.15) is 0 Å². The maximum atomic E-state index is 9.45. The van der Waals surface area contributed by atoms with Crippen molar-refractivity contribution in [2.75, 3.05) is 0 Å². The van der Waals surface area contributed by atoms with Gasteiger partial charge in [-0.25, -0.2) is 0 Å². The topological polar surface area (TPSA) is 0 Å². The van der Waals surface area contributed by atoms with E-state index in [4.69, 9.17) is 0 Å². The van der Waals surface area contributed by atoms with Crippen LogP contribution >= 0.6 is 17.0 Å². The third-order valence-electron chi connectivity index (χ3n) is 22.8. The molecular weight excluding hydrogens is 983 g/mol. The third kappa shape index (κ3) is 7.50. The molecule has 3 atom stereocenters. The Hall–Kier alpha value is -1.96.